The van der Waals surface area contributed by atoms with Crippen molar-refractivity contribution in [2.75, 3.05) is 7.11 Å². The van der Waals surface area contributed by atoms with E-state index in [9.17, 15) is 9.90 Å². The fourth-order valence-electron chi connectivity index (χ4n) is 2.40. The number of carbonyl (C=O) groups excluding carboxylic acids is 1. The van der Waals surface area contributed by atoms with Crippen LogP contribution in [-0.2, 0) is 9.63 Å². The topological polar surface area (TPSA) is 49.8 Å². The van der Waals surface area contributed by atoms with Gasteiger partial charge in [0.05, 0.1) is 18.8 Å². The maximum absolute atomic E-state index is 11.6. The van der Waals surface area contributed by atoms with Crippen molar-refractivity contribution in [2.45, 2.75) is 37.8 Å². The summed E-state index contributed by atoms with van der Waals surface area (Å²) in [5.41, 5.74) is -0.779. The molecule has 2 bridgehead atoms. The number of fused-ring (bicyclic) bond motifs is 2. The molecule has 0 aromatic carbocycles. The minimum atomic E-state index is -0.779. The molecular weight excluding hydrogens is 170 g/mol. The summed E-state index contributed by atoms with van der Waals surface area (Å²) in [5, 5.41) is 11.4. The van der Waals surface area contributed by atoms with Crippen LogP contribution < -0.4 is 0 Å². The molecule has 74 valence electrons. The number of hydrogen-bond acceptors (Lipinski definition) is 3. The van der Waals surface area contributed by atoms with E-state index in [1.165, 1.54) is 12.2 Å². The summed E-state index contributed by atoms with van der Waals surface area (Å²) in [6.45, 7) is 1.78. The summed E-state index contributed by atoms with van der Waals surface area (Å²) in [7, 11) is 1.48. The van der Waals surface area contributed by atoms with Crippen LogP contribution in [0.1, 0.15) is 26.2 Å². The van der Waals surface area contributed by atoms with E-state index in [-0.39, 0.29) is 17.9 Å². The molecule has 0 unspecified atom stereocenters. The van der Waals surface area contributed by atoms with Crippen LogP contribution in [0.3, 0.4) is 0 Å². The number of carbonyl (C=O) groups is 1. The average molecular weight is 185 g/mol. The van der Waals surface area contributed by atoms with Gasteiger partial charge >= 0.3 is 0 Å². The van der Waals surface area contributed by atoms with E-state index in [0.29, 0.717) is 6.42 Å². The van der Waals surface area contributed by atoms with E-state index in [1.54, 1.807) is 6.92 Å². The largest absolute Gasteiger partial charge is 0.388 e. The van der Waals surface area contributed by atoms with E-state index >= 15 is 0 Å². The van der Waals surface area contributed by atoms with Gasteiger partial charge < -0.3 is 5.11 Å². The highest BCUT2D eigenvalue weighted by molar-refractivity contribution is 5.81. The monoisotopic (exact) mass is 185 g/mol. The molecule has 1 N–H and O–H groups in total. The highest BCUT2D eigenvalue weighted by Crippen LogP contribution is 2.41. The Balaban J connectivity index is 2.27. The van der Waals surface area contributed by atoms with Gasteiger partial charge in [-0.3, -0.25) is 9.63 Å². The van der Waals surface area contributed by atoms with Crippen LogP contribution in [0.25, 0.3) is 0 Å². The van der Waals surface area contributed by atoms with Gasteiger partial charge in [-0.05, 0) is 26.2 Å². The minimum absolute atomic E-state index is 0.0327. The first-order valence-corrected chi connectivity index (χ1v) is 4.66. The molecule has 0 radical (unpaired) electrons. The quantitative estimate of drug-likeness (QED) is 0.639. The Kier molecular flexibility index (Phi) is 1.85. The highest BCUT2D eigenvalue weighted by Gasteiger charge is 2.52. The lowest BCUT2D eigenvalue weighted by Crippen LogP contribution is -2.48. The molecule has 1 heterocycles. The second-order valence-corrected chi connectivity index (χ2v) is 4.19. The van der Waals surface area contributed by atoms with E-state index in [0.717, 1.165) is 12.8 Å². The average Bonchev–Trinajstić information content (AvgIpc) is 2.35. The lowest BCUT2D eigenvalue weighted by Gasteiger charge is -2.35. The third kappa shape index (κ3) is 1.16. The minimum Gasteiger partial charge on any atom is -0.388 e. The van der Waals surface area contributed by atoms with Crippen molar-refractivity contribution in [3.63, 3.8) is 0 Å². The first-order chi connectivity index (χ1) is 6.06. The van der Waals surface area contributed by atoms with Gasteiger partial charge in [-0.2, -0.15) is 0 Å². The molecule has 13 heavy (non-hydrogen) atoms. The summed E-state index contributed by atoms with van der Waals surface area (Å²) in [4.78, 5) is 16.6. The summed E-state index contributed by atoms with van der Waals surface area (Å²) >= 11 is 0. The zero-order valence-electron chi connectivity index (χ0n) is 7.99. The molecule has 1 amide bonds. The van der Waals surface area contributed by atoms with Gasteiger partial charge in [-0.25, -0.2) is 5.06 Å². The SMILES string of the molecule is CON1C(=O)[C@H]2CC[C@](C)(O)[C@@H]1C2. The van der Waals surface area contributed by atoms with Crippen molar-refractivity contribution in [1.82, 2.24) is 5.06 Å². The Morgan fingerprint density at radius 2 is 2.38 bits per heavy atom. The van der Waals surface area contributed by atoms with Crippen molar-refractivity contribution < 1.29 is 14.7 Å². The molecule has 0 aromatic heterocycles. The Morgan fingerprint density at radius 3 is 3.00 bits per heavy atom. The van der Waals surface area contributed by atoms with Crippen molar-refractivity contribution in [3.8, 4) is 0 Å². The van der Waals surface area contributed by atoms with Gasteiger partial charge in [0.1, 0.15) is 0 Å². The molecule has 4 nitrogen and oxygen atoms in total. The third-order valence-corrected chi connectivity index (χ3v) is 3.27. The fourth-order valence-corrected chi connectivity index (χ4v) is 2.40. The van der Waals surface area contributed by atoms with E-state index in [4.69, 9.17) is 4.84 Å². The molecule has 2 aliphatic rings. The number of nitrogens with zero attached hydrogens (tertiary/aromatic N) is 1. The first-order valence-electron chi connectivity index (χ1n) is 4.66. The summed E-state index contributed by atoms with van der Waals surface area (Å²) in [6, 6.07) is -0.149. The van der Waals surface area contributed by atoms with Gasteiger partial charge in [0.25, 0.3) is 0 Å². The molecular formula is C9H15NO3. The highest BCUT2D eigenvalue weighted by atomic mass is 16.7. The van der Waals surface area contributed by atoms with Crippen molar-refractivity contribution in [3.05, 3.63) is 0 Å². The Hall–Kier alpha value is -0.610. The predicted molar refractivity (Wildman–Crippen MR) is 45.6 cm³/mol. The second kappa shape index (κ2) is 2.69. The van der Waals surface area contributed by atoms with Crippen molar-refractivity contribution in [1.29, 1.82) is 0 Å². The number of rotatable bonds is 1. The molecule has 1 aliphatic heterocycles. The molecule has 3 atom stereocenters. The lowest BCUT2D eigenvalue weighted by atomic mass is 9.79. The van der Waals surface area contributed by atoms with Crippen molar-refractivity contribution in [2.24, 2.45) is 5.92 Å². The Bertz CT molecular complexity index is 239. The molecule has 2 rings (SSSR count). The smallest absolute Gasteiger partial charge is 0.249 e. The summed E-state index contributed by atoms with van der Waals surface area (Å²) in [6.07, 6.45) is 2.20. The molecule has 0 aromatic rings. The van der Waals surface area contributed by atoms with Gasteiger partial charge in [-0.1, -0.05) is 0 Å². The molecule has 0 spiro atoms. The third-order valence-electron chi connectivity index (χ3n) is 3.27. The molecule has 1 saturated carbocycles. The van der Waals surface area contributed by atoms with Crippen LogP contribution >= 0.6 is 0 Å². The normalized spacial score (nSPS) is 44.2. The van der Waals surface area contributed by atoms with Crippen LogP contribution in [-0.4, -0.2) is 34.8 Å². The molecule has 4 heteroatoms. The van der Waals surface area contributed by atoms with E-state index < -0.39 is 5.60 Å². The second-order valence-electron chi connectivity index (χ2n) is 4.19. The fraction of sp³-hybridized carbons (Fsp3) is 0.889. The van der Waals surface area contributed by atoms with Gasteiger partial charge in [-0.15, -0.1) is 0 Å². The van der Waals surface area contributed by atoms with Gasteiger partial charge in [0.15, 0.2) is 0 Å². The Labute approximate surface area is 77.4 Å². The van der Waals surface area contributed by atoms with E-state index in [1.807, 2.05) is 0 Å². The van der Waals surface area contributed by atoms with E-state index in [2.05, 4.69) is 0 Å². The van der Waals surface area contributed by atoms with Crippen LogP contribution in [0, 0.1) is 5.92 Å². The van der Waals surface area contributed by atoms with Crippen molar-refractivity contribution >= 4 is 5.91 Å². The Morgan fingerprint density at radius 1 is 1.69 bits per heavy atom. The number of hydrogen-bond donors (Lipinski definition) is 1. The molecule has 1 saturated heterocycles. The zero-order chi connectivity index (χ0) is 9.64. The first kappa shape index (κ1) is 8.97. The zero-order valence-corrected chi connectivity index (χ0v) is 7.99. The predicted octanol–water partition coefficient (Wildman–Crippen LogP) is 0.310. The maximum Gasteiger partial charge on any atom is 0.249 e. The maximum atomic E-state index is 11.6. The van der Waals surface area contributed by atoms with Crippen LogP contribution in [0.4, 0.5) is 0 Å². The van der Waals surface area contributed by atoms with Gasteiger partial charge in [0.2, 0.25) is 5.91 Å². The van der Waals surface area contributed by atoms with Crippen LogP contribution in [0.15, 0.2) is 0 Å². The lowest BCUT2D eigenvalue weighted by molar-refractivity contribution is -0.196. The molecule has 1 aliphatic carbocycles. The number of hydroxylamine groups is 2. The van der Waals surface area contributed by atoms with Gasteiger partial charge in [0, 0.05) is 5.92 Å². The summed E-state index contributed by atoms with van der Waals surface area (Å²) < 4.78 is 0. The summed E-state index contributed by atoms with van der Waals surface area (Å²) in [5.74, 6) is 0.107. The van der Waals surface area contributed by atoms with Crippen LogP contribution in [0.2, 0.25) is 0 Å². The van der Waals surface area contributed by atoms with Crippen LogP contribution in [0.5, 0.6) is 0 Å². The number of amides is 1. The number of aliphatic hydroxyl groups is 1. The standard InChI is InChI=1S/C9H15NO3/c1-9(12)4-3-6-5-7(9)10(13-2)8(6)11/h6-7,12H,3-5H2,1-2H3/t6-,7-,9-/m0/s1. The molecule has 2 fully saturated rings.